The number of aryl methyl sites for hydroxylation is 2. The molecule has 5 aromatic rings. The zero-order valence-electron chi connectivity index (χ0n) is 19.6. The highest BCUT2D eigenvalue weighted by Gasteiger charge is 2.10. The fourth-order valence-corrected chi connectivity index (χ4v) is 4.11. The van der Waals surface area contributed by atoms with Crippen molar-refractivity contribution in [2.75, 3.05) is 0 Å². The lowest BCUT2D eigenvalue weighted by molar-refractivity contribution is 1.31. The Morgan fingerprint density at radius 2 is 0.824 bits per heavy atom. The summed E-state index contributed by atoms with van der Waals surface area (Å²) in [6, 6.07) is 38.8. The van der Waals surface area contributed by atoms with Gasteiger partial charge in [-0.05, 0) is 53.8 Å². The van der Waals surface area contributed by atoms with Gasteiger partial charge in [0.1, 0.15) is 0 Å². The number of nitrogens with zero attached hydrogens (tertiary/aromatic N) is 1. The molecule has 0 bridgehead atoms. The number of pyridine rings is 1. The summed E-state index contributed by atoms with van der Waals surface area (Å²) >= 11 is 0. The first-order chi connectivity index (χ1) is 16.6. The van der Waals surface area contributed by atoms with Crippen LogP contribution in [0, 0.1) is 13.8 Å². The van der Waals surface area contributed by atoms with Gasteiger partial charge in [0, 0.05) is 11.1 Å². The third-order valence-electron chi connectivity index (χ3n) is 6.22. The molecule has 0 fully saturated rings. The maximum atomic E-state index is 5.03. The smallest absolute Gasteiger partial charge is 0.0715 e. The number of hydrogen-bond acceptors (Lipinski definition) is 1. The maximum absolute atomic E-state index is 5.03. The molecular weight excluding hydrogens is 410 g/mol. The topological polar surface area (TPSA) is 12.9 Å². The highest BCUT2D eigenvalue weighted by molar-refractivity contribution is 5.78. The van der Waals surface area contributed by atoms with Gasteiger partial charge < -0.3 is 0 Å². The second kappa shape index (κ2) is 9.33. The molecule has 1 heterocycles. The highest BCUT2D eigenvalue weighted by Crippen LogP contribution is 2.32. The lowest BCUT2D eigenvalue weighted by atomic mass is 9.97. The van der Waals surface area contributed by atoms with Gasteiger partial charge in [-0.3, -0.25) is 0 Å². The Labute approximate surface area is 202 Å². The van der Waals surface area contributed by atoms with Crippen molar-refractivity contribution >= 4 is 6.08 Å². The molecule has 0 aliphatic heterocycles. The van der Waals surface area contributed by atoms with Crippen molar-refractivity contribution in [3.63, 3.8) is 0 Å². The number of benzene rings is 4. The summed E-state index contributed by atoms with van der Waals surface area (Å²) in [5.74, 6) is 0. The van der Waals surface area contributed by atoms with Crippen LogP contribution in [0.3, 0.4) is 0 Å². The van der Waals surface area contributed by atoms with Gasteiger partial charge in [0.2, 0.25) is 0 Å². The van der Waals surface area contributed by atoms with E-state index in [0.717, 1.165) is 33.6 Å². The fourth-order valence-electron chi connectivity index (χ4n) is 4.11. The summed E-state index contributed by atoms with van der Waals surface area (Å²) in [5.41, 5.74) is 12.6. The van der Waals surface area contributed by atoms with Gasteiger partial charge in [0.05, 0.1) is 11.4 Å². The van der Waals surface area contributed by atoms with Gasteiger partial charge in [0.25, 0.3) is 0 Å². The van der Waals surface area contributed by atoms with E-state index in [2.05, 4.69) is 130 Å². The molecule has 0 unspecified atom stereocenters. The highest BCUT2D eigenvalue weighted by atomic mass is 14.7. The molecule has 1 aromatic heterocycles. The van der Waals surface area contributed by atoms with Gasteiger partial charge >= 0.3 is 0 Å². The minimum absolute atomic E-state index is 0.983. The Kier molecular flexibility index (Phi) is 5.93. The van der Waals surface area contributed by atoms with Crippen LogP contribution < -0.4 is 0 Å². The van der Waals surface area contributed by atoms with E-state index in [0.29, 0.717) is 0 Å². The molecule has 4 aromatic carbocycles. The summed E-state index contributed by atoms with van der Waals surface area (Å²) in [6.07, 6.45) is 1.87. The lowest BCUT2D eigenvalue weighted by Gasteiger charge is -2.11. The van der Waals surface area contributed by atoms with Gasteiger partial charge in [0.15, 0.2) is 0 Å². The Morgan fingerprint density at radius 3 is 1.24 bits per heavy atom. The molecule has 0 saturated carbocycles. The number of rotatable bonds is 5. The van der Waals surface area contributed by atoms with Crippen LogP contribution in [0.5, 0.6) is 0 Å². The molecule has 0 N–H and O–H groups in total. The molecule has 0 radical (unpaired) electrons. The second-order valence-corrected chi connectivity index (χ2v) is 8.76. The minimum Gasteiger partial charge on any atom is -0.248 e. The molecule has 34 heavy (non-hydrogen) atoms. The molecule has 164 valence electrons. The van der Waals surface area contributed by atoms with E-state index in [1.54, 1.807) is 0 Å². The summed E-state index contributed by atoms with van der Waals surface area (Å²) < 4.78 is 0. The van der Waals surface area contributed by atoms with Gasteiger partial charge in [-0.1, -0.05) is 121 Å². The van der Waals surface area contributed by atoms with Gasteiger partial charge in [-0.25, -0.2) is 4.98 Å². The summed E-state index contributed by atoms with van der Waals surface area (Å²) in [4.78, 5) is 5.03. The molecule has 0 saturated heterocycles. The Bertz CT molecular complexity index is 1360. The van der Waals surface area contributed by atoms with Crippen molar-refractivity contribution in [1.29, 1.82) is 0 Å². The average Bonchev–Trinajstić information content (AvgIpc) is 2.89. The zero-order chi connectivity index (χ0) is 23.5. The maximum Gasteiger partial charge on any atom is 0.0715 e. The van der Waals surface area contributed by atoms with Crippen molar-refractivity contribution in [2.45, 2.75) is 13.8 Å². The first kappa shape index (κ1) is 21.6. The average molecular weight is 438 g/mol. The number of aromatic nitrogens is 1. The summed E-state index contributed by atoms with van der Waals surface area (Å²) in [7, 11) is 0. The SMILES string of the molecule is C=Cc1ccc(-c2ccc(-c3cc(-c4ccc(C)cc4)nc(-c4ccc(C)cc4)c3)cc2)cc1. The van der Waals surface area contributed by atoms with Crippen molar-refractivity contribution < 1.29 is 0 Å². The van der Waals surface area contributed by atoms with Crippen molar-refractivity contribution in [2.24, 2.45) is 0 Å². The first-order valence-electron chi connectivity index (χ1n) is 11.6. The van der Waals surface area contributed by atoms with Crippen molar-refractivity contribution in [1.82, 2.24) is 4.98 Å². The minimum atomic E-state index is 0.983. The van der Waals surface area contributed by atoms with E-state index in [1.807, 2.05) is 6.08 Å². The van der Waals surface area contributed by atoms with Crippen molar-refractivity contribution in [3.05, 3.63) is 132 Å². The van der Waals surface area contributed by atoms with Gasteiger partial charge in [-0.15, -0.1) is 0 Å². The molecular formula is C33H27N. The van der Waals surface area contributed by atoms with E-state index >= 15 is 0 Å². The van der Waals surface area contributed by atoms with E-state index in [1.165, 1.54) is 27.8 Å². The quantitative estimate of drug-likeness (QED) is 0.267. The predicted octanol–water partition coefficient (Wildman–Crippen LogP) is 9.01. The predicted molar refractivity (Wildman–Crippen MR) is 146 cm³/mol. The molecule has 0 aliphatic rings. The molecule has 0 spiro atoms. The van der Waals surface area contributed by atoms with Crippen LogP contribution in [-0.4, -0.2) is 4.98 Å². The van der Waals surface area contributed by atoms with Crippen LogP contribution in [0.15, 0.2) is 116 Å². The van der Waals surface area contributed by atoms with Gasteiger partial charge in [-0.2, -0.15) is 0 Å². The third kappa shape index (κ3) is 4.60. The summed E-state index contributed by atoms with van der Waals surface area (Å²) in [5, 5.41) is 0. The molecule has 1 nitrogen and oxygen atoms in total. The van der Waals surface area contributed by atoms with E-state index in [9.17, 15) is 0 Å². The standard InChI is InChI=1S/C33H27N/c1-4-25-9-15-26(16-10-25)27-17-19-28(20-18-27)31-21-32(29-11-5-23(2)6-12-29)34-33(22-31)30-13-7-24(3)8-14-30/h4-22H,1H2,2-3H3. The Hall–Kier alpha value is -4.23. The molecule has 0 atom stereocenters. The Balaban J connectivity index is 1.57. The number of hydrogen-bond donors (Lipinski definition) is 0. The summed E-state index contributed by atoms with van der Waals surface area (Å²) in [6.45, 7) is 8.06. The zero-order valence-corrected chi connectivity index (χ0v) is 19.6. The normalized spacial score (nSPS) is 10.8. The second-order valence-electron chi connectivity index (χ2n) is 8.76. The van der Waals surface area contributed by atoms with E-state index < -0.39 is 0 Å². The van der Waals surface area contributed by atoms with Crippen LogP contribution in [-0.2, 0) is 0 Å². The van der Waals surface area contributed by atoms with Crippen molar-refractivity contribution in [3.8, 4) is 44.8 Å². The van der Waals surface area contributed by atoms with Crippen LogP contribution in [0.1, 0.15) is 16.7 Å². The molecule has 1 heteroatoms. The molecule has 0 amide bonds. The van der Waals surface area contributed by atoms with Crippen LogP contribution in [0.25, 0.3) is 50.8 Å². The van der Waals surface area contributed by atoms with Crippen LogP contribution in [0.2, 0.25) is 0 Å². The molecule has 5 rings (SSSR count). The Morgan fingerprint density at radius 1 is 0.471 bits per heavy atom. The largest absolute Gasteiger partial charge is 0.248 e. The van der Waals surface area contributed by atoms with Crippen LogP contribution in [0.4, 0.5) is 0 Å². The fraction of sp³-hybridized carbons (Fsp3) is 0.0606. The monoisotopic (exact) mass is 437 g/mol. The molecule has 0 aliphatic carbocycles. The lowest BCUT2D eigenvalue weighted by Crippen LogP contribution is -1.91. The van der Waals surface area contributed by atoms with Crippen LogP contribution >= 0.6 is 0 Å². The van der Waals surface area contributed by atoms with E-state index in [-0.39, 0.29) is 0 Å². The van der Waals surface area contributed by atoms with E-state index in [4.69, 9.17) is 4.98 Å². The third-order valence-corrected chi connectivity index (χ3v) is 6.22. The first-order valence-corrected chi connectivity index (χ1v) is 11.6.